The molecule has 0 spiro atoms. The van der Waals surface area contributed by atoms with Crippen molar-refractivity contribution in [1.29, 1.82) is 0 Å². The molecule has 0 aromatic heterocycles. The van der Waals surface area contributed by atoms with Gasteiger partial charge in [0, 0.05) is 0 Å². The van der Waals surface area contributed by atoms with E-state index in [1.165, 1.54) is 34.1 Å². The molecule has 0 bridgehead atoms. The molecule has 0 saturated heterocycles. The van der Waals surface area contributed by atoms with Crippen molar-refractivity contribution >= 4 is 5.49 Å². The van der Waals surface area contributed by atoms with Crippen LogP contribution >= 0.6 is 0 Å². The quantitative estimate of drug-likeness (QED) is 0.300. The third-order valence-corrected chi connectivity index (χ3v) is 3.13. The molecule has 4 heteroatoms. The van der Waals surface area contributed by atoms with Gasteiger partial charge in [-0.3, -0.25) is 12.2 Å². The first kappa shape index (κ1) is 29.4. The summed E-state index contributed by atoms with van der Waals surface area (Å²) in [5, 5.41) is 0. The zero-order valence-corrected chi connectivity index (χ0v) is 22.6. The maximum Gasteiger partial charge on any atom is -1.00 e. The molecule has 0 heterocycles. The predicted octanol–water partition coefficient (Wildman–Crippen LogP) is 0.236. The third kappa shape index (κ3) is 14.9. The van der Waals surface area contributed by atoms with Crippen LogP contribution in [0.5, 0.6) is 0 Å². The van der Waals surface area contributed by atoms with Crippen molar-refractivity contribution in [3.8, 4) is 0 Å². The third-order valence-electron chi connectivity index (χ3n) is 3.13. The van der Waals surface area contributed by atoms with Crippen LogP contribution in [-0.4, -0.2) is 5.49 Å². The maximum absolute atomic E-state index is 3.16. The van der Waals surface area contributed by atoms with Gasteiger partial charge in [-0.15, -0.1) is 12.8 Å². The largest absolute Gasteiger partial charge is 1.00 e. The minimum atomic E-state index is 0. The number of halogens is 2. The van der Waals surface area contributed by atoms with Crippen LogP contribution in [0.4, 0.5) is 0 Å². The maximum atomic E-state index is 3.16. The van der Waals surface area contributed by atoms with E-state index in [-0.39, 0.29) is 30.3 Å². The molecule has 0 fully saturated rings. The van der Waals surface area contributed by atoms with Crippen molar-refractivity contribution < 1.29 is 47.8 Å². The second kappa shape index (κ2) is 13.8. The van der Waals surface area contributed by atoms with Crippen molar-refractivity contribution in [3.63, 3.8) is 0 Å². The summed E-state index contributed by atoms with van der Waals surface area (Å²) in [5.41, 5.74) is 3.74. The molecule has 0 N–H and O–H groups in total. The molecule has 24 heavy (non-hydrogen) atoms. The second-order valence-electron chi connectivity index (χ2n) is 7.92. The minimum Gasteiger partial charge on any atom is -1.00 e. The molecule has 0 aromatic carbocycles. The van der Waals surface area contributed by atoms with Crippen LogP contribution in [0.25, 0.3) is 0 Å². The van der Waals surface area contributed by atoms with Crippen molar-refractivity contribution in [2.75, 3.05) is 0 Å². The summed E-state index contributed by atoms with van der Waals surface area (Å²) in [5.74, 6) is 0. The summed E-state index contributed by atoms with van der Waals surface area (Å²) in [6, 6.07) is 0. The molecule has 0 amide bonds. The van der Waals surface area contributed by atoms with Crippen LogP contribution < -0.4 is 24.8 Å². The number of hydrogen-bond donors (Lipinski definition) is 0. The molecule has 0 saturated carbocycles. The van der Waals surface area contributed by atoms with E-state index in [0.717, 1.165) is 12.8 Å². The van der Waals surface area contributed by atoms with Gasteiger partial charge in [0.1, 0.15) is 0 Å². The Morgan fingerprint density at radius 3 is 1.12 bits per heavy atom. The Labute approximate surface area is 178 Å². The van der Waals surface area contributed by atoms with Crippen molar-refractivity contribution in [2.45, 2.75) is 67.5 Å². The normalized spacial score (nSPS) is 14.9. The molecule has 0 nitrogen and oxygen atoms in total. The zero-order chi connectivity index (χ0) is 17.4. The van der Waals surface area contributed by atoms with E-state index in [9.17, 15) is 0 Å². The van der Waals surface area contributed by atoms with Crippen LogP contribution in [0.2, 0.25) is 13.1 Å². The second-order valence-corrected chi connectivity index (χ2v) is 20.7. The molecule has 0 radical (unpaired) electrons. The first-order chi connectivity index (χ1) is 9.94. The van der Waals surface area contributed by atoms with Gasteiger partial charge in [-0.05, 0) is 0 Å². The molecule has 136 valence electrons. The molecule has 2 aliphatic carbocycles. The molecular weight excluding hydrogens is 518 g/mol. The zero-order valence-electron chi connectivity index (χ0n) is 16.5. The summed E-state index contributed by atoms with van der Waals surface area (Å²) < 4.78 is 0. The van der Waals surface area contributed by atoms with E-state index >= 15 is 0 Å². The van der Waals surface area contributed by atoms with E-state index in [1.54, 1.807) is 0 Å². The summed E-state index contributed by atoms with van der Waals surface area (Å²) in [4.78, 5) is 0. The van der Waals surface area contributed by atoms with Gasteiger partial charge in [-0.2, -0.15) is 23.3 Å². The van der Waals surface area contributed by atoms with Crippen LogP contribution in [0, 0.1) is 23.0 Å². The molecular formula is C20H32Cl2HfSi-2. The Kier molecular flexibility index (Phi) is 16.9. The van der Waals surface area contributed by atoms with Gasteiger partial charge < -0.3 is 24.8 Å². The Morgan fingerprint density at radius 2 is 1.04 bits per heavy atom. The summed E-state index contributed by atoms with van der Waals surface area (Å²) >= 11 is 1.45. The Balaban J connectivity index is -0.000000283. The first-order valence-corrected chi connectivity index (χ1v) is 15.9. The smallest absolute Gasteiger partial charge is 1.00 e. The summed E-state index contributed by atoms with van der Waals surface area (Å²) in [6.07, 6.45) is 17.0. The SMILES string of the molecule is CC(C)(C)C1=CC[C-]=C1.CC(C)(C)C1=CC[C-]=C1.C[Si](C)=[Hf+2].[Cl-].[Cl-]. The van der Waals surface area contributed by atoms with Gasteiger partial charge in [0.15, 0.2) is 0 Å². The number of allylic oxidation sites excluding steroid dienone is 8. The minimum absolute atomic E-state index is 0. The molecule has 0 aliphatic heterocycles. The van der Waals surface area contributed by atoms with Crippen molar-refractivity contribution in [1.82, 2.24) is 0 Å². The fraction of sp³-hybridized carbons (Fsp3) is 0.600. The van der Waals surface area contributed by atoms with Crippen LogP contribution in [-0.2, 0) is 23.0 Å². The standard InChI is InChI=1S/2C9H13.C2H6Si.2ClH.Hf/c2*1-9(2,3)8-6-4-5-7-8;1-3-2;;;/h2*6-7H,4H2,1-3H3;1-2H3;2*1H;/q2*-1;;;;+2/p-2. The van der Waals surface area contributed by atoms with E-state index in [1.807, 2.05) is 0 Å². The van der Waals surface area contributed by atoms with Crippen molar-refractivity contribution in [3.05, 3.63) is 47.6 Å². The number of hydrogen-bond acceptors (Lipinski definition) is 0. The Bertz CT molecular complexity index is 443. The monoisotopic (exact) mass is 550 g/mol. The van der Waals surface area contributed by atoms with Gasteiger partial charge in [-0.25, -0.2) is 12.2 Å². The van der Waals surface area contributed by atoms with E-state index < -0.39 is 0 Å². The summed E-state index contributed by atoms with van der Waals surface area (Å²) in [7, 11) is 0. The average molecular weight is 550 g/mol. The molecule has 0 aromatic rings. The molecule has 0 atom stereocenters. The number of rotatable bonds is 0. The molecule has 2 aliphatic rings. The van der Waals surface area contributed by atoms with E-state index in [2.05, 4.69) is 91.1 Å². The fourth-order valence-electron chi connectivity index (χ4n) is 1.84. The molecule has 0 unspecified atom stereocenters. The van der Waals surface area contributed by atoms with Gasteiger partial charge in [0.05, 0.1) is 0 Å². The predicted molar refractivity (Wildman–Crippen MR) is 97.4 cm³/mol. The Morgan fingerprint density at radius 1 is 0.792 bits per heavy atom. The average Bonchev–Trinajstić information content (AvgIpc) is 3.02. The molecule has 2 rings (SSSR count). The van der Waals surface area contributed by atoms with E-state index in [4.69, 9.17) is 0 Å². The van der Waals surface area contributed by atoms with Crippen LogP contribution in [0.15, 0.2) is 35.5 Å². The fourth-order valence-corrected chi connectivity index (χ4v) is 1.84. The van der Waals surface area contributed by atoms with Crippen molar-refractivity contribution in [2.24, 2.45) is 10.8 Å². The van der Waals surface area contributed by atoms with Crippen LogP contribution in [0.3, 0.4) is 0 Å². The van der Waals surface area contributed by atoms with Gasteiger partial charge >= 0.3 is 41.6 Å². The summed E-state index contributed by atoms with van der Waals surface area (Å²) in [6.45, 7) is 18.0. The van der Waals surface area contributed by atoms with Crippen LogP contribution in [0.1, 0.15) is 54.4 Å². The van der Waals surface area contributed by atoms with Gasteiger partial charge in [-0.1, -0.05) is 52.4 Å². The van der Waals surface area contributed by atoms with Gasteiger partial charge in [0.25, 0.3) is 0 Å². The van der Waals surface area contributed by atoms with E-state index in [0.29, 0.717) is 10.8 Å². The Hall–Kier alpha value is 0.627. The topological polar surface area (TPSA) is 0 Å². The first-order valence-electron chi connectivity index (χ1n) is 8.01. The van der Waals surface area contributed by atoms with Gasteiger partial charge in [0.2, 0.25) is 0 Å².